The second kappa shape index (κ2) is 12.3. The molecule has 34 heavy (non-hydrogen) atoms. The van der Waals surface area contributed by atoms with Gasteiger partial charge in [-0.25, -0.2) is 0 Å². The quantitative estimate of drug-likeness (QED) is 0.528. The van der Waals surface area contributed by atoms with E-state index in [9.17, 15) is 9.59 Å². The van der Waals surface area contributed by atoms with Gasteiger partial charge >= 0.3 is 0 Å². The molecule has 2 saturated heterocycles. The third-order valence-corrected chi connectivity index (χ3v) is 7.08. The highest BCUT2D eigenvalue weighted by Gasteiger charge is 2.22. The first kappa shape index (κ1) is 24.7. The maximum absolute atomic E-state index is 12.5. The Bertz CT molecular complexity index is 937. The average molecular weight is 488 g/mol. The smallest absolute Gasteiger partial charge is 0.232 e. The topological polar surface area (TPSA) is 92.0 Å². The van der Waals surface area contributed by atoms with Gasteiger partial charge in [0.05, 0.1) is 24.7 Å². The van der Waals surface area contributed by atoms with Crippen molar-refractivity contribution in [3.05, 3.63) is 35.7 Å². The Morgan fingerprint density at radius 3 is 2.26 bits per heavy atom. The minimum atomic E-state index is 0.0955. The van der Waals surface area contributed by atoms with Crippen molar-refractivity contribution in [1.29, 1.82) is 0 Å². The van der Waals surface area contributed by atoms with Crippen LogP contribution in [0.3, 0.4) is 0 Å². The molecule has 2 amide bonds. The molecule has 10 heteroatoms. The summed E-state index contributed by atoms with van der Waals surface area (Å²) in [6.07, 6.45) is 1.68. The zero-order valence-corrected chi connectivity index (χ0v) is 20.6. The number of amides is 2. The van der Waals surface area contributed by atoms with Crippen LogP contribution in [0.5, 0.6) is 0 Å². The van der Waals surface area contributed by atoms with Crippen LogP contribution in [0.15, 0.2) is 28.8 Å². The van der Waals surface area contributed by atoms with Crippen LogP contribution in [-0.4, -0.2) is 107 Å². The van der Waals surface area contributed by atoms with E-state index in [1.165, 1.54) is 17.3 Å². The Morgan fingerprint density at radius 1 is 0.941 bits per heavy atom. The lowest BCUT2D eigenvalue weighted by Crippen LogP contribution is -2.49. The Morgan fingerprint density at radius 2 is 1.59 bits per heavy atom. The fraction of sp³-hybridized carbons (Fsp3) is 0.583. The molecule has 2 aliphatic rings. The van der Waals surface area contributed by atoms with Gasteiger partial charge in [-0.1, -0.05) is 35.0 Å². The summed E-state index contributed by atoms with van der Waals surface area (Å²) in [5.74, 6) is 2.22. The third-order valence-electron chi connectivity index (χ3n) is 6.18. The van der Waals surface area contributed by atoms with Gasteiger partial charge in [0.1, 0.15) is 0 Å². The van der Waals surface area contributed by atoms with Crippen LogP contribution in [0.2, 0.25) is 0 Å². The summed E-state index contributed by atoms with van der Waals surface area (Å²) in [7, 11) is 0. The van der Waals surface area contributed by atoms with E-state index >= 15 is 0 Å². The summed E-state index contributed by atoms with van der Waals surface area (Å²) in [5.41, 5.74) is 2.16. The van der Waals surface area contributed by atoms with E-state index in [1.807, 2.05) is 34.1 Å². The van der Waals surface area contributed by atoms with E-state index in [4.69, 9.17) is 9.26 Å². The number of piperazine rings is 1. The number of aryl methyl sites for hydroxylation is 2. The molecule has 0 spiro atoms. The number of thioether (sulfide) groups is 1. The molecule has 9 nitrogen and oxygen atoms in total. The van der Waals surface area contributed by atoms with Crippen molar-refractivity contribution in [1.82, 2.24) is 24.8 Å². The lowest BCUT2D eigenvalue weighted by Gasteiger charge is -2.34. The van der Waals surface area contributed by atoms with E-state index in [-0.39, 0.29) is 11.8 Å². The molecule has 0 aliphatic carbocycles. The predicted molar refractivity (Wildman–Crippen MR) is 131 cm³/mol. The molecule has 0 bridgehead atoms. The van der Waals surface area contributed by atoms with Crippen molar-refractivity contribution in [2.24, 2.45) is 0 Å². The zero-order chi connectivity index (χ0) is 23.8. The molecule has 3 heterocycles. The van der Waals surface area contributed by atoms with Gasteiger partial charge in [-0.15, -0.1) is 11.8 Å². The second-order valence-corrected chi connectivity index (χ2v) is 9.68. The molecule has 2 aromatic rings. The first-order valence-corrected chi connectivity index (χ1v) is 13.1. The van der Waals surface area contributed by atoms with Crippen molar-refractivity contribution in [2.75, 3.05) is 70.5 Å². The monoisotopic (exact) mass is 487 g/mol. The summed E-state index contributed by atoms with van der Waals surface area (Å²) >= 11 is 1.41. The molecular formula is C24H33N5O4S. The number of morpholine rings is 1. The van der Waals surface area contributed by atoms with Crippen LogP contribution in [0.4, 0.5) is 0 Å². The highest BCUT2D eigenvalue weighted by Crippen LogP contribution is 2.17. The molecule has 0 atom stereocenters. The molecule has 2 aliphatic heterocycles. The van der Waals surface area contributed by atoms with Crippen LogP contribution in [0, 0.1) is 6.92 Å². The van der Waals surface area contributed by atoms with E-state index in [0.717, 1.165) is 51.1 Å². The summed E-state index contributed by atoms with van der Waals surface area (Å²) in [6, 6.07) is 8.09. The van der Waals surface area contributed by atoms with E-state index in [2.05, 4.69) is 22.0 Å². The zero-order valence-electron chi connectivity index (χ0n) is 19.8. The first-order chi connectivity index (χ1) is 16.6. The van der Waals surface area contributed by atoms with Gasteiger partial charge in [-0.3, -0.25) is 14.5 Å². The number of carbonyl (C=O) groups is 2. The van der Waals surface area contributed by atoms with E-state index < -0.39 is 0 Å². The molecule has 0 unspecified atom stereocenters. The number of ether oxygens (including phenoxy) is 1. The molecule has 0 radical (unpaired) electrons. The molecule has 184 valence electrons. The number of rotatable bonds is 9. The van der Waals surface area contributed by atoms with Gasteiger partial charge in [0.2, 0.25) is 23.5 Å². The summed E-state index contributed by atoms with van der Waals surface area (Å²) in [5, 5.41) is 4.10. The number of nitrogens with zero attached hydrogens (tertiary/aromatic N) is 5. The van der Waals surface area contributed by atoms with Crippen molar-refractivity contribution < 1.29 is 18.8 Å². The molecular weight excluding hydrogens is 454 g/mol. The third kappa shape index (κ3) is 7.04. The number of hydrogen-bond acceptors (Lipinski definition) is 8. The van der Waals surface area contributed by atoms with E-state index in [1.54, 1.807) is 0 Å². The first-order valence-electron chi connectivity index (χ1n) is 11.9. The Balaban J connectivity index is 1.10. The predicted octanol–water partition coefficient (Wildman–Crippen LogP) is 1.71. The molecule has 1 aromatic heterocycles. The Hall–Kier alpha value is -2.43. The maximum Gasteiger partial charge on any atom is 0.232 e. The van der Waals surface area contributed by atoms with Crippen LogP contribution in [0.1, 0.15) is 17.9 Å². The summed E-state index contributed by atoms with van der Waals surface area (Å²) in [6.45, 7) is 8.67. The fourth-order valence-electron chi connectivity index (χ4n) is 4.07. The number of aromatic nitrogens is 2. The van der Waals surface area contributed by atoms with E-state index in [0.29, 0.717) is 49.5 Å². The van der Waals surface area contributed by atoms with Crippen molar-refractivity contribution in [3.63, 3.8) is 0 Å². The van der Waals surface area contributed by atoms with Gasteiger partial charge in [0.25, 0.3) is 0 Å². The van der Waals surface area contributed by atoms with Crippen LogP contribution >= 0.6 is 11.8 Å². The second-order valence-electron chi connectivity index (χ2n) is 8.69. The molecule has 0 N–H and O–H groups in total. The molecule has 2 fully saturated rings. The highest BCUT2D eigenvalue weighted by atomic mass is 32.2. The SMILES string of the molecule is Cc1ccc(-c2noc(CCCN3CCN(C(=O)CSCC(=O)N4CCOCC4)CC3)n2)cc1. The summed E-state index contributed by atoms with van der Waals surface area (Å²) < 4.78 is 10.7. The van der Waals surface area contributed by atoms with Gasteiger partial charge < -0.3 is 19.1 Å². The van der Waals surface area contributed by atoms with Gasteiger partial charge in [-0.2, -0.15) is 4.98 Å². The number of hydrogen-bond donors (Lipinski definition) is 0. The molecule has 4 rings (SSSR count). The highest BCUT2D eigenvalue weighted by molar-refractivity contribution is 8.00. The number of carbonyl (C=O) groups excluding carboxylic acids is 2. The van der Waals surface area contributed by atoms with Crippen LogP contribution in [0.25, 0.3) is 11.4 Å². The number of benzene rings is 1. The Labute approximate surface area is 204 Å². The van der Waals surface area contributed by atoms with Crippen molar-refractivity contribution in [2.45, 2.75) is 19.8 Å². The standard InChI is InChI=1S/C24H33N5O4S/c1-19-4-6-20(7-5-19)24-25-21(33-26-24)3-2-8-27-9-11-28(12-10-27)22(30)17-34-18-23(31)29-13-15-32-16-14-29/h4-7H,2-3,8-18H2,1H3. The average Bonchev–Trinajstić information content (AvgIpc) is 3.34. The van der Waals surface area contributed by atoms with Gasteiger partial charge in [0, 0.05) is 51.3 Å². The van der Waals surface area contributed by atoms with Crippen molar-refractivity contribution in [3.8, 4) is 11.4 Å². The largest absolute Gasteiger partial charge is 0.378 e. The van der Waals surface area contributed by atoms with Crippen LogP contribution < -0.4 is 0 Å². The normalized spacial score (nSPS) is 17.2. The fourth-order valence-corrected chi connectivity index (χ4v) is 4.89. The maximum atomic E-state index is 12.5. The van der Waals surface area contributed by atoms with Gasteiger partial charge in [-0.05, 0) is 19.9 Å². The lowest BCUT2D eigenvalue weighted by molar-refractivity contribution is -0.132. The lowest BCUT2D eigenvalue weighted by atomic mass is 10.1. The minimum Gasteiger partial charge on any atom is -0.378 e. The molecule has 1 aromatic carbocycles. The minimum absolute atomic E-state index is 0.0955. The van der Waals surface area contributed by atoms with Crippen molar-refractivity contribution >= 4 is 23.6 Å². The summed E-state index contributed by atoms with van der Waals surface area (Å²) in [4.78, 5) is 35.3. The van der Waals surface area contributed by atoms with Gasteiger partial charge in [0.15, 0.2) is 0 Å². The Kier molecular flexibility index (Phi) is 8.95. The molecule has 0 saturated carbocycles. The van der Waals surface area contributed by atoms with Crippen LogP contribution in [-0.2, 0) is 20.7 Å².